The van der Waals surface area contributed by atoms with Crippen LogP contribution in [0.1, 0.15) is 40.4 Å². The van der Waals surface area contributed by atoms with Crippen LogP contribution in [-0.2, 0) is 22.6 Å². The number of likely N-dealkylation sites (tertiary alicyclic amines) is 1. The molecule has 2 aliphatic heterocycles. The van der Waals surface area contributed by atoms with E-state index in [0.29, 0.717) is 91.5 Å². The molecule has 3 aromatic rings. The highest BCUT2D eigenvalue weighted by Gasteiger charge is 2.31. The number of hydrogen-bond donors (Lipinski definition) is 1. The Labute approximate surface area is 218 Å². The molecule has 2 aromatic carbocycles. The second-order valence-electron chi connectivity index (χ2n) is 9.63. The number of carbonyl (C=O) groups excluding carboxylic acids is 2. The zero-order valence-corrected chi connectivity index (χ0v) is 21.1. The average Bonchev–Trinajstić information content (AvgIpc) is 3.16. The number of halogens is 3. The minimum atomic E-state index is -0.591. The molecule has 0 aliphatic carbocycles. The molecule has 0 unspecified atom stereocenters. The van der Waals surface area contributed by atoms with Crippen molar-refractivity contribution in [2.45, 2.75) is 31.8 Å². The summed E-state index contributed by atoms with van der Waals surface area (Å²) in [6, 6.07) is 9.04. The molecule has 0 saturated carbocycles. The predicted molar refractivity (Wildman–Crippen MR) is 136 cm³/mol. The van der Waals surface area contributed by atoms with Crippen molar-refractivity contribution >= 4 is 34.3 Å². The zero-order chi connectivity index (χ0) is 26.1. The quantitative estimate of drug-likeness (QED) is 0.524. The highest BCUT2D eigenvalue weighted by molar-refractivity contribution is 6.31. The lowest BCUT2D eigenvalue weighted by molar-refractivity contribution is -0.118. The number of fused-ring (bicyclic) bond motifs is 1. The van der Waals surface area contributed by atoms with Crippen LogP contribution >= 0.6 is 11.6 Å². The van der Waals surface area contributed by atoms with E-state index >= 15 is 0 Å². The Bertz CT molecular complexity index is 1310. The number of carbonyl (C=O) groups is 2. The summed E-state index contributed by atoms with van der Waals surface area (Å²) in [5.41, 5.74) is 7.69. The first kappa shape index (κ1) is 25.6. The van der Waals surface area contributed by atoms with Crippen LogP contribution in [0.25, 0.3) is 10.9 Å². The SMILES string of the molecule is NC(=O)Cn1c(C(=O)N2CCOCC2)c(CN2CCC(c3c(F)cccc3Cl)CC2)c2cc(F)ccc21. The molecule has 2 N–H and O–H groups in total. The first-order valence-electron chi connectivity index (χ1n) is 12.5. The first-order valence-corrected chi connectivity index (χ1v) is 12.8. The standard InChI is InChI=1S/C27H29ClF2N4O3/c28-21-2-1-3-22(30)25(21)17-6-8-32(9-7-17)15-20-19-14-18(29)4-5-23(19)34(16-24(31)35)26(20)27(36)33-10-12-37-13-11-33/h1-5,14,17H,6-13,15-16H2,(H2,31,35). The van der Waals surface area contributed by atoms with Gasteiger partial charge in [-0.3, -0.25) is 14.5 Å². The lowest BCUT2D eigenvalue weighted by Crippen LogP contribution is -2.42. The van der Waals surface area contributed by atoms with Gasteiger partial charge in [0.05, 0.1) is 13.2 Å². The summed E-state index contributed by atoms with van der Waals surface area (Å²) in [7, 11) is 0. The fourth-order valence-corrected chi connectivity index (χ4v) is 5.86. The molecular weight excluding hydrogens is 502 g/mol. The third-order valence-corrected chi connectivity index (χ3v) is 7.65. The van der Waals surface area contributed by atoms with E-state index in [1.54, 1.807) is 27.7 Å². The van der Waals surface area contributed by atoms with Gasteiger partial charge in [-0.1, -0.05) is 17.7 Å². The second kappa shape index (κ2) is 10.8. The first-order chi connectivity index (χ1) is 17.8. The number of rotatable bonds is 6. The van der Waals surface area contributed by atoms with Crippen LogP contribution in [0.15, 0.2) is 36.4 Å². The minimum absolute atomic E-state index is 0.00643. The van der Waals surface area contributed by atoms with Gasteiger partial charge in [-0.05, 0) is 62.2 Å². The van der Waals surface area contributed by atoms with Crippen LogP contribution < -0.4 is 5.73 Å². The Hall–Kier alpha value is -3.01. The highest BCUT2D eigenvalue weighted by Crippen LogP contribution is 2.36. The van der Waals surface area contributed by atoms with Gasteiger partial charge in [-0.15, -0.1) is 0 Å². The van der Waals surface area contributed by atoms with Crippen molar-refractivity contribution < 1.29 is 23.1 Å². The summed E-state index contributed by atoms with van der Waals surface area (Å²) in [5, 5.41) is 1.01. The van der Waals surface area contributed by atoms with Crippen molar-refractivity contribution in [1.82, 2.24) is 14.4 Å². The topological polar surface area (TPSA) is 80.8 Å². The Morgan fingerprint density at radius 3 is 2.46 bits per heavy atom. The zero-order valence-electron chi connectivity index (χ0n) is 20.4. The van der Waals surface area contributed by atoms with Gasteiger partial charge >= 0.3 is 0 Å². The van der Waals surface area contributed by atoms with Crippen LogP contribution in [0.4, 0.5) is 8.78 Å². The molecule has 1 aromatic heterocycles. The minimum Gasteiger partial charge on any atom is -0.378 e. The van der Waals surface area contributed by atoms with Crippen LogP contribution in [0.5, 0.6) is 0 Å². The van der Waals surface area contributed by atoms with Crippen molar-refractivity contribution in [1.29, 1.82) is 0 Å². The number of morpholine rings is 1. The smallest absolute Gasteiger partial charge is 0.271 e. The molecule has 2 amide bonds. The summed E-state index contributed by atoms with van der Waals surface area (Å²) in [4.78, 5) is 29.6. The maximum atomic E-state index is 14.5. The molecule has 7 nitrogen and oxygen atoms in total. The number of primary amides is 1. The van der Waals surface area contributed by atoms with Gasteiger partial charge in [-0.2, -0.15) is 0 Å². The Morgan fingerprint density at radius 1 is 1.05 bits per heavy atom. The Balaban J connectivity index is 1.48. The van der Waals surface area contributed by atoms with Crippen molar-refractivity contribution in [3.63, 3.8) is 0 Å². The molecule has 2 saturated heterocycles. The van der Waals surface area contributed by atoms with Gasteiger partial charge < -0.3 is 19.9 Å². The summed E-state index contributed by atoms with van der Waals surface area (Å²) >= 11 is 6.30. The number of benzene rings is 2. The van der Waals surface area contributed by atoms with Gasteiger partial charge in [0.15, 0.2) is 0 Å². The molecule has 2 fully saturated rings. The van der Waals surface area contributed by atoms with E-state index in [2.05, 4.69) is 4.90 Å². The van der Waals surface area contributed by atoms with Gasteiger partial charge in [0.25, 0.3) is 5.91 Å². The molecule has 0 atom stereocenters. The van der Waals surface area contributed by atoms with E-state index in [1.807, 2.05) is 0 Å². The molecule has 3 heterocycles. The molecule has 196 valence electrons. The van der Waals surface area contributed by atoms with Gasteiger partial charge in [-0.25, -0.2) is 8.78 Å². The Kier molecular flexibility index (Phi) is 7.46. The number of hydrogen-bond acceptors (Lipinski definition) is 4. The van der Waals surface area contributed by atoms with Crippen molar-refractivity contribution in [2.75, 3.05) is 39.4 Å². The van der Waals surface area contributed by atoms with E-state index in [1.165, 1.54) is 18.2 Å². The monoisotopic (exact) mass is 530 g/mol. The summed E-state index contributed by atoms with van der Waals surface area (Å²) in [6.45, 7) is 3.21. The number of amides is 2. The maximum absolute atomic E-state index is 14.5. The van der Waals surface area contributed by atoms with Crippen molar-refractivity contribution in [3.8, 4) is 0 Å². The number of aromatic nitrogens is 1. The number of nitrogens with two attached hydrogens (primary N) is 1. The van der Waals surface area contributed by atoms with Crippen LogP contribution in [0.3, 0.4) is 0 Å². The number of piperidine rings is 1. The third-order valence-electron chi connectivity index (χ3n) is 7.32. The number of ether oxygens (including phenoxy) is 1. The summed E-state index contributed by atoms with van der Waals surface area (Å²) in [5.74, 6) is -1.55. The largest absolute Gasteiger partial charge is 0.378 e. The van der Waals surface area contributed by atoms with Crippen molar-refractivity contribution in [2.24, 2.45) is 5.73 Å². The van der Waals surface area contributed by atoms with Crippen LogP contribution in [0.2, 0.25) is 5.02 Å². The van der Waals surface area contributed by atoms with E-state index < -0.39 is 11.7 Å². The molecule has 10 heteroatoms. The fraction of sp³-hybridized carbons (Fsp3) is 0.407. The van der Waals surface area contributed by atoms with Gasteiger partial charge in [0.2, 0.25) is 5.91 Å². The van der Waals surface area contributed by atoms with Gasteiger partial charge in [0, 0.05) is 46.7 Å². The fourth-order valence-electron chi connectivity index (χ4n) is 5.54. The van der Waals surface area contributed by atoms with E-state index in [4.69, 9.17) is 22.1 Å². The van der Waals surface area contributed by atoms with Crippen LogP contribution in [-0.4, -0.2) is 65.6 Å². The van der Waals surface area contributed by atoms with E-state index in [0.717, 1.165) is 0 Å². The third kappa shape index (κ3) is 5.21. The molecule has 37 heavy (non-hydrogen) atoms. The molecule has 5 rings (SSSR count). The normalized spacial score (nSPS) is 17.4. The second-order valence-corrected chi connectivity index (χ2v) is 10.0. The molecule has 0 radical (unpaired) electrons. The van der Waals surface area contributed by atoms with E-state index in [9.17, 15) is 18.4 Å². The van der Waals surface area contributed by atoms with Crippen LogP contribution in [0, 0.1) is 11.6 Å². The molecule has 0 bridgehead atoms. The lowest BCUT2D eigenvalue weighted by atomic mass is 9.88. The summed E-state index contributed by atoms with van der Waals surface area (Å²) < 4.78 is 35.9. The maximum Gasteiger partial charge on any atom is 0.271 e. The predicted octanol–water partition coefficient (Wildman–Crippen LogP) is 3.91. The number of nitrogens with zero attached hydrogens (tertiary/aromatic N) is 3. The van der Waals surface area contributed by atoms with E-state index in [-0.39, 0.29) is 24.2 Å². The highest BCUT2D eigenvalue weighted by atomic mass is 35.5. The Morgan fingerprint density at radius 2 is 1.78 bits per heavy atom. The molecule has 0 spiro atoms. The molecule has 2 aliphatic rings. The summed E-state index contributed by atoms with van der Waals surface area (Å²) in [6.07, 6.45) is 1.39. The molecular formula is C27H29ClF2N4O3. The lowest BCUT2D eigenvalue weighted by Gasteiger charge is -2.33. The average molecular weight is 531 g/mol. The van der Waals surface area contributed by atoms with Crippen molar-refractivity contribution in [3.05, 3.63) is 69.9 Å². The van der Waals surface area contributed by atoms with Gasteiger partial charge in [0.1, 0.15) is 23.9 Å².